The van der Waals surface area contributed by atoms with Crippen molar-refractivity contribution in [2.45, 2.75) is 49.3 Å². The Bertz CT molecular complexity index is 1330. The molecule has 2 amide bonds. The number of aliphatic imine (C=N–C) groups is 1. The molecular formula is C23H25ClF3N5O5S. The Hall–Kier alpha value is -3.07. The Morgan fingerprint density at radius 1 is 1.26 bits per heavy atom. The van der Waals surface area contributed by atoms with Crippen molar-refractivity contribution >= 4 is 45.6 Å². The molecule has 1 aromatic heterocycles. The molecule has 0 aliphatic carbocycles. The van der Waals surface area contributed by atoms with Gasteiger partial charge >= 0.3 is 12.7 Å². The van der Waals surface area contributed by atoms with Crippen molar-refractivity contribution in [1.29, 1.82) is 0 Å². The van der Waals surface area contributed by atoms with Crippen LogP contribution in [0.2, 0.25) is 5.02 Å². The summed E-state index contributed by atoms with van der Waals surface area (Å²) < 4.78 is 58.2. The fraction of sp³-hybridized carbons (Fsp3) is 0.391. The van der Waals surface area contributed by atoms with Gasteiger partial charge in [-0.3, -0.25) is 19.8 Å². The number of nitrogens with zero attached hydrogens (tertiary/aromatic N) is 2. The normalized spacial score (nSPS) is 27.6. The standard InChI is InChI=1S/C23H25ClF3N5O5S/c1-22(2)19(31-21(34)35)32-23(3,16-6-7-29-38(16,22)36)13-8-11(4-5-15(13)25)30-18(33)17-14(24)9-12(10-28-17)37-20(26)27/h4-5,8-10,16,20,29,36H,6-7H2,1-3H3,(H,30,33)(H,31,32)(H,34,35)/t16-,23+/m0/s1. The predicted molar refractivity (Wildman–Crippen MR) is 137 cm³/mol. The second-order valence-electron chi connectivity index (χ2n) is 9.37. The lowest BCUT2D eigenvalue weighted by Gasteiger charge is -2.56. The molecule has 15 heteroatoms. The minimum Gasteiger partial charge on any atom is -0.465 e. The zero-order valence-electron chi connectivity index (χ0n) is 20.4. The van der Waals surface area contributed by atoms with Crippen LogP contribution in [0.4, 0.5) is 23.7 Å². The van der Waals surface area contributed by atoms with Crippen molar-refractivity contribution in [2.24, 2.45) is 4.99 Å². The summed E-state index contributed by atoms with van der Waals surface area (Å²) >= 11 is 6.02. The van der Waals surface area contributed by atoms with Gasteiger partial charge in [0.2, 0.25) is 0 Å². The average molecular weight is 576 g/mol. The Morgan fingerprint density at radius 2 is 1.97 bits per heavy atom. The van der Waals surface area contributed by atoms with Gasteiger partial charge < -0.3 is 19.7 Å². The number of ether oxygens (including phenoxy) is 1. The van der Waals surface area contributed by atoms with Crippen LogP contribution >= 0.6 is 22.1 Å². The lowest BCUT2D eigenvalue weighted by molar-refractivity contribution is -0.0500. The Morgan fingerprint density at radius 3 is 2.61 bits per heavy atom. The van der Waals surface area contributed by atoms with E-state index < -0.39 is 50.5 Å². The van der Waals surface area contributed by atoms with Crippen molar-refractivity contribution in [3.63, 3.8) is 0 Å². The van der Waals surface area contributed by atoms with Gasteiger partial charge in [-0.1, -0.05) is 22.1 Å². The quantitative estimate of drug-likeness (QED) is 0.339. The van der Waals surface area contributed by atoms with Crippen LogP contribution in [-0.4, -0.2) is 55.6 Å². The molecule has 1 aromatic carbocycles. The van der Waals surface area contributed by atoms with Crippen LogP contribution in [0.3, 0.4) is 0 Å². The largest absolute Gasteiger partial charge is 0.465 e. The molecule has 1 unspecified atom stereocenters. The van der Waals surface area contributed by atoms with Crippen LogP contribution in [0.15, 0.2) is 35.5 Å². The Balaban J connectivity index is 1.72. The third-order valence-corrected chi connectivity index (χ3v) is 10.9. The number of fused-ring (bicyclic) bond motifs is 1. The molecule has 2 aromatic rings. The topological polar surface area (TPSA) is 145 Å². The number of aromatic nitrogens is 1. The fourth-order valence-corrected chi connectivity index (χ4v) is 8.44. The number of pyridine rings is 1. The molecule has 0 bridgehead atoms. The van der Waals surface area contributed by atoms with Gasteiger partial charge in [0.15, 0.2) is 0 Å². The number of alkyl halides is 2. The van der Waals surface area contributed by atoms with Gasteiger partial charge in [0, 0.05) is 23.9 Å². The van der Waals surface area contributed by atoms with Crippen LogP contribution in [0.5, 0.6) is 5.75 Å². The maximum atomic E-state index is 15.3. The van der Waals surface area contributed by atoms with E-state index in [4.69, 9.17) is 11.6 Å². The molecule has 0 saturated carbocycles. The molecule has 4 rings (SSSR count). The van der Waals surface area contributed by atoms with E-state index in [1.54, 1.807) is 20.8 Å². The molecule has 2 aliphatic rings. The third kappa shape index (κ3) is 4.77. The first-order valence-corrected chi connectivity index (χ1v) is 13.3. The number of carbonyl (C=O) groups is 2. The Labute approximate surface area is 222 Å². The lowest BCUT2D eigenvalue weighted by atomic mass is 9.85. The number of halogens is 4. The van der Waals surface area contributed by atoms with Gasteiger partial charge in [-0.25, -0.2) is 14.2 Å². The van der Waals surface area contributed by atoms with Crippen molar-refractivity contribution < 1.29 is 37.2 Å². The number of hydrogen-bond acceptors (Lipinski definition) is 7. The van der Waals surface area contributed by atoms with Gasteiger partial charge in [0.25, 0.3) is 5.91 Å². The Kier molecular flexibility index (Phi) is 7.29. The predicted octanol–water partition coefficient (Wildman–Crippen LogP) is 4.96. The van der Waals surface area contributed by atoms with E-state index in [-0.39, 0.29) is 33.6 Å². The number of nitrogens with one attached hydrogen (secondary N) is 3. The van der Waals surface area contributed by atoms with Crippen LogP contribution in [0.25, 0.3) is 0 Å². The van der Waals surface area contributed by atoms with E-state index >= 15 is 4.39 Å². The van der Waals surface area contributed by atoms with Gasteiger partial charge in [0.05, 0.1) is 21.2 Å². The fourth-order valence-electron chi connectivity index (χ4n) is 4.80. The summed E-state index contributed by atoms with van der Waals surface area (Å²) in [5, 5.41) is 13.4. The number of carboxylic acid groups (broad SMARTS) is 1. The maximum Gasteiger partial charge on any atom is 0.410 e. The summed E-state index contributed by atoms with van der Waals surface area (Å²) in [5.41, 5.74) is -1.53. The monoisotopic (exact) mass is 575 g/mol. The van der Waals surface area contributed by atoms with E-state index in [1.807, 2.05) is 0 Å². The molecule has 38 heavy (non-hydrogen) atoms. The van der Waals surface area contributed by atoms with E-state index in [0.717, 1.165) is 18.3 Å². The second kappa shape index (κ2) is 9.91. The number of hydrogen-bond donors (Lipinski definition) is 5. The molecule has 206 valence electrons. The first-order valence-electron chi connectivity index (χ1n) is 11.3. The summed E-state index contributed by atoms with van der Waals surface area (Å²) in [5.74, 6) is -1.83. The first kappa shape index (κ1) is 28.0. The van der Waals surface area contributed by atoms with Crippen molar-refractivity contribution in [3.05, 3.63) is 52.6 Å². The first-order chi connectivity index (χ1) is 17.7. The third-order valence-electron chi connectivity index (χ3n) is 6.71. The molecule has 5 N–H and O–H groups in total. The highest BCUT2D eigenvalue weighted by Crippen LogP contribution is 2.67. The van der Waals surface area contributed by atoms with Crippen LogP contribution in [0, 0.1) is 5.82 Å². The number of anilines is 1. The molecule has 1 fully saturated rings. The highest BCUT2D eigenvalue weighted by atomic mass is 35.5. The number of amides is 2. The molecule has 3 atom stereocenters. The van der Waals surface area contributed by atoms with Gasteiger partial charge in [-0.05, 0) is 45.4 Å². The molecule has 0 spiro atoms. The molecular weight excluding hydrogens is 551 g/mol. The van der Waals surface area contributed by atoms with Crippen molar-refractivity contribution in [1.82, 2.24) is 15.0 Å². The van der Waals surface area contributed by atoms with Gasteiger partial charge in [-0.15, -0.1) is 0 Å². The minimum atomic E-state index is -3.10. The zero-order valence-corrected chi connectivity index (χ0v) is 22.0. The van der Waals surface area contributed by atoms with Crippen LogP contribution in [-0.2, 0) is 5.54 Å². The van der Waals surface area contributed by atoms with Gasteiger partial charge in [0.1, 0.15) is 28.6 Å². The summed E-state index contributed by atoms with van der Waals surface area (Å²) in [6.45, 7) is 2.26. The molecule has 0 radical (unpaired) electrons. The number of rotatable bonds is 5. The van der Waals surface area contributed by atoms with E-state index in [0.29, 0.717) is 13.0 Å². The minimum absolute atomic E-state index is 0.0217. The van der Waals surface area contributed by atoms with E-state index in [1.165, 1.54) is 12.1 Å². The SMILES string of the molecule is CC1(C)C(NC(=O)O)=N[C@](C)(c2cc(NC(=O)c3ncc(OC(F)F)cc3Cl)ccc2F)[C@@H]2CCNS21O. The molecule has 3 heterocycles. The highest BCUT2D eigenvalue weighted by Gasteiger charge is 2.61. The van der Waals surface area contributed by atoms with Crippen LogP contribution < -0.4 is 20.1 Å². The maximum absolute atomic E-state index is 15.3. The van der Waals surface area contributed by atoms with E-state index in [2.05, 4.69) is 30.1 Å². The summed E-state index contributed by atoms with van der Waals surface area (Å²) in [4.78, 5) is 32.7. The van der Waals surface area contributed by atoms with Crippen molar-refractivity contribution in [2.75, 3.05) is 11.9 Å². The van der Waals surface area contributed by atoms with E-state index in [9.17, 15) is 28.0 Å². The van der Waals surface area contributed by atoms with Crippen molar-refractivity contribution in [3.8, 4) is 5.75 Å². The molecule has 2 aliphatic heterocycles. The van der Waals surface area contributed by atoms with Gasteiger partial charge in [-0.2, -0.15) is 8.78 Å². The average Bonchev–Trinajstić information content (AvgIpc) is 3.23. The second-order valence-corrected chi connectivity index (χ2v) is 12.9. The number of benzene rings is 1. The molecule has 1 saturated heterocycles. The number of amidine groups is 1. The summed E-state index contributed by atoms with van der Waals surface area (Å²) in [6.07, 6.45) is -0.0245. The molecule has 10 nitrogen and oxygen atoms in total. The summed E-state index contributed by atoms with van der Waals surface area (Å²) in [7, 11) is -2.74. The zero-order chi connectivity index (χ0) is 28.0. The summed E-state index contributed by atoms with van der Waals surface area (Å²) in [6, 6.07) is 4.76. The van der Waals surface area contributed by atoms with Crippen LogP contribution in [0.1, 0.15) is 43.2 Å². The smallest absolute Gasteiger partial charge is 0.410 e. The highest BCUT2D eigenvalue weighted by molar-refractivity contribution is 8.29. The number of carbonyl (C=O) groups excluding carboxylic acids is 1. The lowest BCUT2D eigenvalue weighted by Crippen LogP contribution is -2.59.